The Kier molecular flexibility index (Phi) is 8.62. The van der Waals surface area contributed by atoms with Gasteiger partial charge in [-0.2, -0.15) is 0 Å². The molecule has 3 aliphatic heterocycles. The molecule has 0 saturated carbocycles. The molecule has 10 nitrogen and oxygen atoms in total. The molecule has 1 atom stereocenters. The van der Waals surface area contributed by atoms with Gasteiger partial charge in [-0.05, 0) is 31.5 Å². The Hall–Kier alpha value is -3.48. The maximum Gasteiger partial charge on any atom is 0.412 e. The van der Waals surface area contributed by atoms with E-state index in [2.05, 4.69) is 10.2 Å². The molecule has 220 valence electrons. The van der Waals surface area contributed by atoms with E-state index in [0.29, 0.717) is 48.4 Å². The minimum atomic E-state index is -1.19. The van der Waals surface area contributed by atoms with Gasteiger partial charge in [-0.15, -0.1) is 0 Å². The molecule has 3 aliphatic rings. The topological polar surface area (TPSA) is 112 Å². The van der Waals surface area contributed by atoms with E-state index in [9.17, 15) is 19.5 Å². The van der Waals surface area contributed by atoms with Crippen molar-refractivity contribution in [2.45, 2.75) is 31.7 Å². The predicted molar refractivity (Wildman–Crippen MR) is 147 cm³/mol. The van der Waals surface area contributed by atoms with Crippen molar-refractivity contribution >= 4 is 40.9 Å². The maximum absolute atomic E-state index is 15.0. The first-order chi connectivity index (χ1) is 19.6. The molecule has 0 spiro atoms. The minimum absolute atomic E-state index is 0.000476. The van der Waals surface area contributed by atoms with Crippen LogP contribution in [-0.4, -0.2) is 86.5 Å². The summed E-state index contributed by atoms with van der Waals surface area (Å²) in [5.74, 6) is -3.59. The van der Waals surface area contributed by atoms with Crippen LogP contribution >= 0.6 is 11.6 Å². The zero-order valence-corrected chi connectivity index (χ0v) is 23.3. The second kappa shape index (κ2) is 12.2. The summed E-state index contributed by atoms with van der Waals surface area (Å²) in [6.07, 6.45) is -1.17. The SMILES string of the molecule is Cc1c(Cl)cc(N(C(=O)O)C2CN(c3cc(F)c(C4CCC(=O)NC4=O)c(F)c3)C2)cc1OCCN1CCOCC1. The standard InChI is InChI=1S/C28H31ClF2N4O6/c1-16-21(29)10-18(13-24(16)41-9-6-33-4-7-40-8-5-33)35(28(38)39)19-14-34(15-19)17-11-22(30)26(23(31)12-17)20-2-3-25(36)32-27(20)37/h10-13,19-20H,2-9,14-15H2,1H3,(H,38,39)(H,32,36,37). The zero-order valence-electron chi connectivity index (χ0n) is 22.5. The van der Waals surface area contributed by atoms with Crippen molar-refractivity contribution < 1.29 is 37.7 Å². The number of anilines is 2. The number of amides is 3. The Morgan fingerprint density at radius 2 is 1.85 bits per heavy atom. The lowest BCUT2D eigenvalue weighted by Gasteiger charge is -2.45. The van der Waals surface area contributed by atoms with Gasteiger partial charge in [-0.25, -0.2) is 13.6 Å². The first kappa shape index (κ1) is 29.0. The van der Waals surface area contributed by atoms with Crippen LogP contribution in [0.25, 0.3) is 0 Å². The molecule has 0 radical (unpaired) electrons. The summed E-state index contributed by atoms with van der Waals surface area (Å²) in [7, 11) is 0. The highest BCUT2D eigenvalue weighted by Crippen LogP contribution is 2.37. The third-order valence-corrected chi connectivity index (χ3v) is 8.17. The number of carbonyl (C=O) groups excluding carboxylic acids is 2. The third kappa shape index (κ3) is 6.24. The molecule has 0 aromatic heterocycles. The summed E-state index contributed by atoms with van der Waals surface area (Å²) in [5.41, 5.74) is 0.884. The summed E-state index contributed by atoms with van der Waals surface area (Å²) in [6.45, 7) is 6.25. The number of hydrogen-bond acceptors (Lipinski definition) is 7. The first-order valence-electron chi connectivity index (χ1n) is 13.4. The lowest BCUT2D eigenvalue weighted by molar-refractivity contribution is -0.134. The number of ether oxygens (including phenoxy) is 2. The van der Waals surface area contributed by atoms with Crippen LogP contribution in [0.15, 0.2) is 24.3 Å². The summed E-state index contributed by atoms with van der Waals surface area (Å²) in [5, 5.41) is 12.5. The van der Waals surface area contributed by atoms with Crippen LogP contribution in [-0.2, 0) is 14.3 Å². The summed E-state index contributed by atoms with van der Waals surface area (Å²) < 4.78 is 41.4. The highest BCUT2D eigenvalue weighted by molar-refractivity contribution is 6.32. The van der Waals surface area contributed by atoms with E-state index in [0.717, 1.165) is 25.2 Å². The van der Waals surface area contributed by atoms with E-state index in [-0.39, 0.29) is 37.2 Å². The van der Waals surface area contributed by atoms with Crippen LogP contribution in [0.2, 0.25) is 5.02 Å². The largest absolute Gasteiger partial charge is 0.492 e. The molecular weight excluding hydrogens is 562 g/mol. The molecule has 2 aromatic carbocycles. The number of hydrogen-bond donors (Lipinski definition) is 2. The second-order valence-corrected chi connectivity index (χ2v) is 10.8. The lowest BCUT2D eigenvalue weighted by atomic mass is 9.89. The molecule has 0 bridgehead atoms. The molecule has 0 aliphatic carbocycles. The van der Waals surface area contributed by atoms with Crippen molar-refractivity contribution in [3.63, 3.8) is 0 Å². The molecule has 1 unspecified atom stereocenters. The van der Waals surface area contributed by atoms with E-state index < -0.39 is 41.5 Å². The van der Waals surface area contributed by atoms with Gasteiger partial charge in [-0.1, -0.05) is 11.6 Å². The third-order valence-electron chi connectivity index (χ3n) is 7.78. The fraction of sp³-hybridized carbons (Fsp3) is 0.464. The molecule has 5 rings (SSSR count). The van der Waals surface area contributed by atoms with Crippen LogP contribution in [0.3, 0.4) is 0 Å². The van der Waals surface area contributed by atoms with E-state index in [1.165, 1.54) is 4.90 Å². The van der Waals surface area contributed by atoms with Crippen LogP contribution in [0.4, 0.5) is 25.0 Å². The van der Waals surface area contributed by atoms with Gasteiger partial charge in [0.2, 0.25) is 11.8 Å². The Bertz CT molecular complexity index is 1330. The van der Waals surface area contributed by atoms with Crippen LogP contribution < -0.4 is 19.9 Å². The van der Waals surface area contributed by atoms with Gasteiger partial charge in [0.25, 0.3) is 0 Å². The van der Waals surface area contributed by atoms with E-state index in [1.807, 2.05) is 0 Å². The molecule has 41 heavy (non-hydrogen) atoms. The second-order valence-electron chi connectivity index (χ2n) is 10.4. The highest BCUT2D eigenvalue weighted by atomic mass is 35.5. The number of rotatable bonds is 8. The van der Waals surface area contributed by atoms with Gasteiger partial charge in [0.1, 0.15) is 24.0 Å². The Balaban J connectivity index is 1.27. The number of carboxylic acid groups (broad SMARTS) is 1. The monoisotopic (exact) mass is 592 g/mol. The van der Waals surface area contributed by atoms with Gasteiger partial charge < -0.3 is 19.5 Å². The normalized spacial score (nSPS) is 20.0. The van der Waals surface area contributed by atoms with E-state index in [4.69, 9.17) is 21.1 Å². The number of benzene rings is 2. The molecule has 3 heterocycles. The quantitative estimate of drug-likeness (QED) is 0.448. The number of halogens is 3. The summed E-state index contributed by atoms with van der Waals surface area (Å²) in [4.78, 5) is 40.9. The Morgan fingerprint density at radius 3 is 2.49 bits per heavy atom. The van der Waals surface area contributed by atoms with Crippen molar-refractivity contribution in [1.82, 2.24) is 10.2 Å². The fourth-order valence-corrected chi connectivity index (χ4v) is 5.61. The number of morpholine rings is 1. The van der Waals surface area contributed by atoms with Gasteiger partial charge in [0.05, 0.1) is 30.9 Å². The van der Waals surface area contributed by atoms with E-state index >= 15 is 8.78 Å². The lowest BCUT2D eigenvalue weighted by Crippen LogP contribution is -2.61. The molecule has 3 fully saturated rings. The highest BCUT2D eigenvalue weighted by Gasteiger charge is 2.38. The minimum Gasteiger partial charge on any atom is -0.492 e. The summed E-state index contributed by atoms with van der Waals surface area (Å²) >= 11 is 6.45. The number of piperidine rings is 1. The predicted octanol–water partition coefficient (Wildman–Crippen LogP) is 3.53. The average molecular weight is 593 g/mol. The van der Waals surface area contributed by atoms with Crippen LogP contribution in [0.1, 0.15) is 29.9 Å². The molecule has 3 amide bonds. The molecule has 2 N–H and O–H groups in total. The van der Waals surface area contributed by atoms with E-state index in [1.54, 1.807) is 24.0 Å². The van der Waals surface area contributed by atoms with Gasteiger partial charge in [0.15, 0.2) is 0 Å². The number of nitrogens with one attached hydrogen (secondary N) is 1. The van der Waals surface area contributed by atoms with Gasteiger partial charge in [0, 0.05) is 67.0 Å². The van der Waals surface area contributed by atoms with Crippen molar-refractivity contribution in [2.24, 2.45) is 0 Å². The van der Waals surface area contributed by atoms with Gasteiger partial charge in [-0.3, -0.25) is 24.7 Å². The van der Waals surface area contributed by atoms with Crippen molar-refractivity contribution in [2.75, 3.05) is 62.3 Å². The molecule has 2 aromatic rings. The smallest absolute Gasteiger partial charge is 0.412 e. The van der Waals surface area contributed by atoms with Crippen molar-refractivity contribution in [1.29, 1.82) is 0 Å². The van der Waals surface area contributed by atoms with Crippen LogP contribution in [0.5, 0.6) is 5.75 Å². The number of imide groups is 1. The first-order valence-corrected chi connectivity index (χ1v) is 13.8. The average Bonchev–Trinajstić information content (AvgIpc) is 2.89. The molecule has 3 saturated heterocycles. The Labute approximate surface area is 240 Å². The zero-order chi connectivity index (χ0) is 29.3. The Morgan fingerprint density at radius 1 is 1.17 bits per heavy atom. The maximum atomic E-state index is 15.0. The number of nitrogens with zero attached hydrogens (tertiary/aromatic N) is 3. The number of carbonyl (C=O) groups is 3. The molecular formula is C28H31ClF2N4O6. The van der Waals surface area contributed by atoms with Crippen LogP contribution in [0, 0.1) is 18.6 Å². The summed E-state index contributed by atoms with van der Waals surface area (Å²) in [6, 6.07) is 4.97. The molecule has 13 heteroatoms. The van der Waals surface area contributed by atoms with Crippen molar-refractivity contribution in [3.8, 4) is 5.75 Å². The van der Waals surface area contributed by atoms with Crippen molar-refractivity contribution in [3.05, 3.63) is 52.0 Å². The fourth-order valence-electron chi connectivity index (χ4n) is 5.40. The van der Waals surface area contributed by atoms with Gasteiger partial charge >= 0.3 is 6.09 Å².